The summed E-state index contributed by atoms with van der Waals surface area (Å²) in [5, 5.41) is 0. The number of carbonyl (C=O) groups excluding carboxylic acids is 1. The van der Waals surface area contributed by atoms with E-state index in [1.807, 2.05) is 0 Å². The van der Waals surface area contributed by atoms with Crippen molar-refractivity contribution in [1.82, 2.24) is 0 Å². The van der Waals surface area contributed by atoms with Crippen LogP contribution in [0.2, 0.25) is 0 Å². The maximum Gasteiger partial charge on any atom is 0.398 e. The Morgan fingerprint density at radius 3 is 2.36 bits per heavy atom. The van der Waals surface area contributed by atoms with Crippen LogP contribution in [0.25, 0.3) is 0 Å². The van der Waals surface area contributed by atoms with Crippen LogP contribution < -0.4 is 4.74 Å². The Bertz CT molecular complexity index is 812. The summed E-state index contributed by atoms with van der Waals surface area (Å²) in [5.74, 6) is -2.89. The van der Waals surface area contributed by atoms with Gasteiger partial charge in [-0.3, -0.25) is 4.79 Å². The number of carbonyl (C=O) groups is 1. The van der Waals surface area contributed by atoms with Crippen molar-refractivity contribution in [1.29, 1.82) is 0 Å². The summed E-state index contributed by atoms with van der Waals surface area (Å²) in [6, 6.07) is 5.44. The second-order valence-electron chi connectivity index (χ2n) is 5.45. The summed E-state index contributed by atoms with van der Waals surface area (Å²) in [4.78, 5) is 12.3. The lowest BCUT2D eigenvalue weighted by Gasteiger charge is -2.14. The maximum atomic E-state index is 13.3. The van der Waals surface area contributed by atoms with Crippen LogP contribution in [0.5, 0.6) is 11.5 Å². The summed E-state index contributed by atoms with van der Waals surface area (Å²) in [5.41, 5.74) is 0.658. The zero-order valence-electron chi connectivity index (χ0n) is 12.6. The van der Waals surface area contributed by atoms with E-state index in [2.05, 4.69) is 0 Å². The lowest BCUT2D eigenvalue weighted by molar-refractivity contribution is -0.105. The third kappa shape index (κ3) is 4.12. The molecular formula is C17H11F5O2S. The van der Waals surface area contributed by atoms with Gasteiger partial charge in [0.2, 0.25) is 0 Å². The Labute approximate surface area is 144 Å². The zero-order valence-corrected chi connectivity index (χ0v) is 13.4. The molecule has 0 saturated heterocycles. The van der Waals surface area contributed by atoms with E-state index in [4.69, 9.17) is 4.74 Å². The standard InChI is InChI=1S/C17H11F5O2S/c18-9-5-10(19)7-11(6-9)24-14-3-4-15(25-8-17(20,21)22)16-12(14)1-2-13(16)23/h3-7H,1-2,8H2. The monoisotopic (exact) mass is 374 g/mol. The molecule has 0 saturated carbocycles. The molecule has 25 heavy (non-hydrogen) atoms. The van der Waals surface area contributed by atoms with Crippen LogP contribution in [0.15, 0.2) is 35.2 Å². The average Bonchev–Trinajstić information content (AvgIpc) is 2.87. The minimum atomic E-state index is -4.35. The summed E-state index contributed by atoms with van der Waals surface area (Å²) in [7, 11) is 0. The number of hydrogen-bond acceptors (Lipinski definition) is 3. The molecule has 0 amide bonds. The van der Waals surface area contributed by atoms with Gasteiger partial charge >= 0.3 is 6.18 Å². The zero-order chi connectivity index (χ0) is 18.2. The van der Waals surface area contributed by atoms with Gasteiger partial charge in [-0.1, -0.05) is 0 Å². The fourth-order valence-electron chi connectivity index (χ4n) is 2.61. The van der Waals surface area contributed by atoms with Gasteiger partial charge in [-0.2, -0.15) is 13.2 Å². The highest BCUT2D eigenvalue weighted by molar-refractivity contribution is 7.99. The molecule has 8 heteroatoms. The summed E-state index contributed by atoms with van der Waals surface area (Å²) < 4.78 is 69.3. The van der Waals surface area contributed by atoms with Gasteiger partial charge in [-0.05, 0) is 18.6 Å². The largest absolute Gasteiger partial charge is 0.457 e. The highest BCUT2D eigenvalue weighted by Crippen LogP contribution is 2.40. The van der Waals surface area contributed by atoms with Crippen molar-refractivity contribution in [3.05, 3.63) is 53.1 Å². The molecular weight excluding hydrogens is 363 g/mol. The van der Waals surface area contributed by atoms with Gasteiger partial charge in [0.1, 0.15) is 23.1 Å². The molecule has 0 aromatic heterocycles. The number of fused-ring (bicyclic) bond motifs is 1. The SMILES string of the molecule is O=C1CCc2c(Oc3cc(F)cc(F)c3)ccc(SCC(F)(F)F)c21. The van der Waals surface area contributed by atoms with Gasteiger partial charge in [0.15, 0.2) is 5.78 Å². The Hall–Kier alpha value is -2.09. The Morgan fingerprint density at radius 2 is 1.72 bits per heavy atom. The van der Waals surface area contributed by atoms with Gasteiger partial charge < -0.3 is 4.74 Å². The van der Waals surface area contributed by atoms with Crippen LogP contribution in [0.3, 0.4) is 0 Å². The first-order valence-electron chi connectivity index (χ1n) is 7.25. The smallest absolute Gasteiger partial charge is 0.398 e. The first-order chi connectivity index (χ1) is 11.7. The van der Waals surface area contributed by atoms with E-state index in [0.717, 1.165) is 12.1 Å². The molecule has 0 atom stereocenters. The van der Waals surface area contributed by atoms with Crippen LogP contribution >= 0.6 is 11.8 Å². The van der Waals surface area contributed by atoms with Crippen LogP contribution in [0, 0.1) is 11.6 Å². The summed E-state index contributed by atoms with van der Waals surface area (Å²) in [6.45, 7) is 0. The number of alkyl halides is 3. The number of rotatable bonds is 4. The molecule has 0 spiro atoms. The van der Waals surface area contributed by atoms with Crippen molar-refractivity contribution >= 4 is 17.5 Å². The van der Waals surface area contributed by atoms with E-state index in [-0.39, 0.29) is 34.2 Å². The molecule has 1 aliphatic rings. The Kier molecular flexibility index (Phi) is 4.73. The Morgan fingerprint density at radius 1 is 1.04 bits per heavy atom. The summed E-state index contributed by atoms with van der Waals surface area (Å²) >= 11 is 0.535. The molecule has 0 heterocycles. The minimum absolute atomic E-state index is 0.0882. The first kappa shape index (κ1) is 17.7. The number of ether oxygens (including phenoxy) is 1. The fourth-order valence-corrected chi connectivity index (χ4v) is 3.48. The van der Waals surface area contributed by atoms with Crippen LogP contribution in [0.1, 0.15) is 22.3 Å². The number of Topliss-reactive ketones (excluding diaryl/α,β-unsaturated/α-hetero) is 1. The van der Waals surface area contributed by atoms with Gasteiger partial charge in [0, 0.05) is 40.6 Å². The minimum Gasteiger partial charge on any atom is -0.457 e. The van der Waals surface area contributed by atoms with Crippen LogP contribution in [-0.2, 0) is 6.42 Å². The van der Waals surface area contributed by atoms with Crippen molar-refractivity contribution in [2.45, 2.75) is 23.9 Å². The second kappa shape index (κ2) is 6.67. The molecule has 0 aliphatic heterocycles. The van der Waals surface area contributed by atoms with E-state index in [9.17, 15) is 26.7 Å². The van der Waals surface area contributed by atoms with Crippen LogP contribution in [0.4, 0.5) is 22.0 Å². The molecule has 2 aromatic carbocycles. The van der Waals surface area contributed by atoms with E-state index in [1.165, 1.54) is 12.1 Å². The molecule has 0 radical (unpaired) electrons. The van der Waals surface area contributed by atoms with Crippen molar-refractivity contribution < 1.29 is 31.5 Å². The fraction of sp³-hybridized carbons (Fsp3) is 0.235. The lowest BCUT2D eigenvalue weighted by atomic mass is 10.1. The second-order valence-corrected chi connectivity index (χ2v) is 6.47. The number of thioether (sulfide) groups is 1. The van der Waals surface area contributed by atoms with Gasteiger partial charge in [0.05, 0.1) is 5.75 Å². The molecule has 132 valence electrons. The number of ketones is 1. The van der Waals surface area contributed by atoms with Crippen molar-refractivity contribution in [3.63, 3.8) is 0 Å². The summed E-state index contributed by atoms with van der Waals surface area (Å²) in [6.07, 6.45) is -3.89. The third-order valence-corrected chi connectivity index (χ3v) is 4.69. The number of benzene rings is 2. The first-order valence-corrected chi connectivity index (χ1v) is 8.24. The van der Waals surface area contributed by atoms with Crippen molar-refractivity contribution in [3.8, 4) is 11.5 Å². The van der Waals surface area contributed by atoms with E-state index < -0.39 is 23.6 Å². The number of hydrogen-bond donors (Lipinski definition) is 0. The third-order valence-electron chi connectivity index (χ3n) is 3.57. The van der Waals surface area contributed by atoms with Crippen molar-refractivity contribution in [2.75, 3.05) is 5.75 Å². The van der Waals surface area contributed by atoms with Gasteiger partial charge in [0.25, 0.3) is 0 Å². The van der Waals surface area contributed by atoms with Gasteiger partial charge in [-0.15, -0.1) is 11.8 Å². The Balaban J connectivity index is 1.93. The molecule has 1 aliphatic carbocycles. The molecule has 3 rings (SSSR count). The molecule has 2 aromatic rings. The topological polar surface area (TPSA) is 26.3 Å². The van der Waals surface area contributed by atoms with E-state index in [1.54, 1.807) is 0 Å². The molecule has 0 bridgehead atoms. The van der Waals surface area contributed by atoms with Gasteiger partial charge in [-0.25, -0.2) is 8.78 Å². The van der Waals surface area contributed by atoms with Crippen LogP contribution in [-0.4, -0.2) is 17.7 Å². The predicted octanol–water partition coefficient (Wildman–Crippen LogP) is 5.54. The quantitative estimate of drug-likeness (QED) is 0.519. The van der Waals surface area contributed by atoms with E-state index in [0.29, 0.717) is 29.8 Å². The van der Waals surface area contributed by atoms with E-state index >= 15 is 0 Å². The average molecular weight is 374 g/mol. The molecule has 2 nitrogen and oxygen atoms in total. The molecule has 0 N–H and O–H groups in total. The molecule has 0 fully saturated rings. The predicted molar refractivity (Wildman–Crippen MR) is 82.3 cm³/mol. The maximum absolute atomic E-state index is 13.3. The highest BCUT2D eigenvalue weighted by Gasteiger charge is 2.31. The highest BCUT2D eigenvalue weighted by atomic mass is 32.2. The number of halogens is 5. The lowest BCUT2D eigenvalue weighted by Crippen LogP contribution is -2.11. The van der Waals surface area contributed by atoms with Crippen molar-refractivity contribution in [2.24, 2.45) is 0 Å². The normalized spacial score (nSPS) is 13.9. The molecule has 0 unspecified atom stereocenters.